The summed E-state index contributed by atoms with van der Waals surface area (Å²) in [6, 6.07) is 12.2. The zero-order valence-electron chi connectivity index (χ0n) is 23.2. The maximum absolute atomic E-state index is 12.6. The van der Waals surface area contributed by atoms with E-state index in [1.54, 1.807) is 54.7 Å². The minimum Gasteiger partial charge on any atom is -0.383 e. The van der Waals surface area contributed by atoms with Gasteiger partial charge in [-0.2, -0.15) is 0 Å². The van der Waals surface area contributed by atoms with Crippen LogP contribution in [0, 0.1) is 17.2 Å². The summed E-state index contributed by atoms with van der Waals surface area (Å²) in [5.74, 6) is 1.82. The van der Waals surface area contributed by atoms with E-state index >= 15 is 0 Å². The van der Waals surface area contributed by atoms with Gasteiger partial charge in [-0.25, -0.2) is 15.0 Å². The van der Waals surface area contributed by atoms with Crippen LogP contribution in [-0.4, -0.2) is 82.0 Å². The van der Waals surface area contributed by atoms with E-state index in [-0.39, 0.29) is 29.4 Å². The Morgan fingerprint density at radius 1 is 1.05 bits per heavy atom. The number of nitrogens with two attached hydrogens (primary N) is 1. The minimum absolute atomic E-state index is 0.0744. The maximum atomic E-state index is 12.6. The molecule has 1 aliphatic carbocycles. The quantitative estimate of drug-likeness (QED) is 0.233. The summed E-state index contributed by atoms with van der Waals surface area (Å²) in [7, 11) is 3.95. The predicted octanol–water partition coefficient (Wildman–Crippen LogP) is 2.89. The zero-order chi connectivity index (χ0) is 28.9. The Morgan fingerprint density at radius 3 is 2.41 bits per heavy atom. The molecular weight excluding hydrogens is 518 g/mol. The van der Waals surface area contributed by atoms with Crippen LogP contribution in [0.1, 0.15) is 34.3 Å². The lowest BCUT2D eigenvalue weighted by Gasteiger charge is -2.21. The van der Waals surface area contributed by atoms with Gasteiger partial charge in [0.05, 0.1) is 11.3 Å². The fourth-order valence-electron chi connectivity index (χ4n) is 5.57. The Balaban J connectivity index is 1.22. The molecule has 2 fully saturated rings. The monoisotopic (exact) mass is 553 g/mol. The lowest BCUT2D eigenvalue weighted by molar-refractivity contribution is -0.125. The number of likely N-dealkylation sites (tertiary alicyclic amines) is 1. The van der Waals surface area contributed by atoms with Crippen LogP contribution in [-0.2, 0) is 4.79 Å². The van der Waals surface area contributed by atoms with Crippen LogP contribution in [0.3, 0.4) is 0 Å². The number of carbonyl (C=O) groups is 2. The third-order valence-corrected chi connectivity index (χ3v) is 7.60. The molecule has 41 heavy (non-hydrogen) atoms. The molecule has 1 aliphatic heterocycles. The number of nitrogens with zero attached hydrogens (tertiary/aromatic N) is 5. The van der Waals surface area contributed by atoms with Gasteiger partial charge in [-0.1, -0.05) is 24.3 Å². The molecule has 0 spiro atoms. The van der Waals surface area contributed by atoms with Crippen molar-refractivity contribution in [2.75, 3.05) is 50.1 Å². The van der Waals surface area contributed by atoms with Crippen molar-refractivity contribution >= 4 is 35.0 Å². The second-order valence-electron chi connectivity index (χ2n) is 10.8. The number of fused-ring (bicyclic) bond motifs is 1. The summed E-state index contributed by atoms with van der Waals surface area (Å²) in [5, 5.41) is 15.2. The van der Waals surface area contributed by atoms with Crippen LogP contribution < -0.4 is 16.4 Å². The van der Waals surface area contributed by atoms with Crippen molar-refractivity contribution in [2.24, 2.45) is 11.8 Å². The first-order chi connectivity index (χ1) is 19.8. The van der Waals surface area contributed by atoms with Gasteiger partial charge in [-0.15, -0.1) is 0 Å². The topological polar surface area (TPSA) is 153 Å². The number of hydrogen-bond donors (Lipinski definition) is 4. The first-order valence-corrected chi connectivity index (χ1v) is 13.7. The van der Waals surface area contributed by atoms with E-state index in [0.29, 0.717) is 40.2 Å². The van der Waals surface area contributed by atoms with Crippen molar-refractivity contribution in [1.29, 1.82) is 5.41 Å². The molecule has 212 valence electrons. The molecule has 5 N–H and O–H groups in total. The molecule has 5 rings (SSSR count). The smallest absolute Gasteiger partial charge is 0.256 e. The molecule has 1 saturated carbocycles. The van der Waals surface area contributed by atoms with Gasteiger partial charge in [0.25, 0.3) is 5.91 Å². The SMILES string of the molecule is CN(C)C/C=C/C(=O)N1CC2CC(Nc3ncnc(N)c3C(=N)c3ccc(C(=O)Nc4ccccn4)cc3)CC2C1. The molecule has 2 aliphatic rings. The van der Waals surface area contributed by atoms with Crippen LogP contribution in [0.5, 0.6) is 0 Å². The molecule has 1 saturated heterocycles. The molecule has 1 aromatic carbocycles. The molecule has 11 heteroatoms. The Kier molecular flexibility index (Phi) is 8.34. The van der Waals surface area contributed by atoms with Crippen molar-refractivity contribution in [1.82, 2.24) is 24.8 Å². The first-order valence-electron chi connectivity index (χ1n) is 13.7. The van der Waals surface area contributed by atoms with Crippen LogP contribution >= 0.6 is 0 Å². The maximum Gasteiger partial charge on any atom is 0.256 e. The number of pyridine rings is 1. The summed E-state index contributed by atoms with van der Waals surface area (Å²) in [6.45, 7) is 2.24. The Hall–Kier alpha value is -4.64. The number of likely N-dealkylation sites (N-methyl/N-ethyl adjacent to an activating group) is 1. The number of benzene rings is 1. The fourth-order valence-corrected chi connectivity index (χ4v) is 5.57. The van der Waals surface area contributed by atoms with Crippen molar-refractivity contribution in [3.8, 4) is 0 Å². The summed E-state index contributed by atoms with van der Waals surface area (Å²) in [6.07, 6.45) is 8.41. The van der Waals surface area contributed by atoms with E-state index in [1.807, 2.05) is 30.0 Å². The lowest BCUT2D eigenvalue weighted by atomic mass is 10.0. The summed E-state index contributed by atoms with van der Waals surface area (Å²) < 4.78 is 0. The molecule has 2 amide bonds. The normalized spacial score (nSPS) is 19.9. The first kappa shape index (κ1) is 27.9. The number of nitrogens with one attached hydrogen (secondary N) is 3. The highest BCUT2D eigenvalue weighted by molar-refractivity contribution is 6.16. The van der Waals surface area contributed by atoms with Crippen LogP contribution in [0.15, 0.2) is 67.1 Å². The average molecular weight is 554 g/mol. The Labute approximate surface area is 239 Å². The zero-order valence-corrected chi connectivity index (χ0v) is 23.2. The number of aromatic nitrogens is 3. The van der Waals surface area contributed by atoms with E-state index in [9.17, 15) is 9.59 Å². The van der Waals surface area contributed by atoms with Gasteiger partial charge in [-0.3, -0.25) is 15.0 Å². The summed E-state index contributed by atoms with van der Waals surface area (Å²) in [5.41, 5.74) is 7.87. The van der Waals surface area contributed by atoms with E-state index in [4.69, 9.17) is 11.1 Å². The van der Waals surface area contributed by atoms with Gasteiger partial charge < -0.3 is 26.2 Å². The highest BCUT2D eigenvalue weighted by atomic mass is 16.2. The van der Waals surface area contributed by atoms with Crippen LogP contribution in [0.25, 0.3) is 0 Å². The van der Waals surface area contributed by atoms with Gasteiger partial charge in [0, 0.05) is 49.1 Å². The Bertz CT molecular complexity index is 1430. The minimum atomic E-state index is -0.289. The van der Waals surface area contributed by atoms with Crippen molar-refractivity contribution in [3.63, 3.8) is 0 Å². The van der Waals surface area contributed by atoms with E-state index < -0.39 is 0 Å². The summed E-state index contributed by atoms with van der Waals surface area (Å²) in [4.78, 5) is 41.8. The van der Waals surface area contributed by atoms with Crippen molar-refractivity contribution in [2.45, 2.75) is 18.9 Å². The van der Waals surface area contributed by atoms with Gasteiger partial charge in [0.2, 0.25) is 5.91 Å². The fraction of sp³-hybridized carbons (Fsp3) is 0.333. The van der Waals surface area contributed by atoms with Gasteiger partial charge >= 0.3 is 0 Å². The average Bonchev–Trinajstić information content (AvgIpc) is 3.52. The molecule has 11 nitrogen and oxygen atoms in total. The molecule has 2 atom stereocenters. The van der Waals surface area contributed by atoms with Gasteiger partial charge in [0.15, 0.2) is 0 Å². The number of nitrogen functional groups attached to an aromatic ring is 1. The highest BCUT2D eigenvalue weighted by Gasteiger charge is 2.42. The van der Waals surface area contributed by atoms with Crippen molar-refractivity contribution < 1.29 is 9.59 Å². The second kappa shape index (κ2) is 12.3. The molecule has 2 unspecified atom stereocenters. The molecule has 0 radical (unpaired) electrons. The molecule has 0 bridgehead atoms. The number of carbonyl (C=O) groups excluding carboxylic acids is 2. The molecule has 2 aromatic heterocycles. The highest BCUT2D eigenvalue weighted by Crippen LogP contribution is 2.39. The Morgan fingerprint density at radius 2 is 1.76 bits per heavy atom. The largest absolute Gasteiger partial charge is 0.383 e. The number of amides is 2. The second-order valence-corrected chi connectivity index (χ2v) is 10.8. The summed E-state index contributed by atoms with van der Waals surface area (Å²) >= 11 is 0. The van der Waals surface area contributed by atoms with E-state index in [0.717, 1.165) is 32.5 Å². The van der Waals surface area contributed by atoms with E-state index in [1.165, 1.54) is 6.33 Å². The number of hydrogen-bond acceptors (Lipinski definition) is 9. The predicted molar refractivity (Wildman–Crippen MR) is 159 cm³/mol. The lowest BCUT2D eigenvalue weighted by Crippen LogP contribution is -2.30. The molecular formula is C30H35N9O2. The standard InChI is InChI=1S/C30H35N9O2/c1-38(2)13-5-7-25(40)39-16-21-14-23(15-22(21)17-39)36-29-26(28(32)34-18-35-29)27(31)19-8-10-20(11-9-19)30(41)37-24-6-3-4-12-33-24/h3-12,18,21-23,31H,13-17H2,1-2H3,(H,33,37,41)(H3,32,34,35,36)/b7-5+,31-27?. The number of anilines is 3. The third kappa shape index (κ3) is 6.58. The van der Waals surface area contributed by atoms with Crippen LogP contribution in [0.2, 0.25) is 0 Å². The van der Waals surface area contributed by atoms with Gasteiger partial charge in [0.1, 0.15) is 23.8 Å². The van der Waals surface area contributed by atoms with Crippen LogP contribution in [0.4, 0.5) is 17.5 Å². The molecule has 3 heterocycles. The van der Waals surface area contributed by atoms with Gasteiger partial charge in [-0.05, 0) is 63.0 Å². The van der Waals surface area contributed by atoms with Crippen molar-refractivity contribution in [3.05, 3.63) is 83.8 Å². The van der Waals surface area contributed by atoms with E-state index in [2.05, 4.69) is 25.6 Å². The number of rotatable bonds is 9. The third-order valence-electron chi connectivity index (χ3n) is 7.60. The molecule has 3 aromatic rings.